The van der Waals surface area contributed by atoms with Crippen molar-refractivity contribution in [2.24, 2.45) is 0 Å². The summed E-state index contributed by atoms with van der Waals surface area (Å²) in [6.45, 7) is 4.83. The molecule has 0 atom stereocenters. The summed E-state index contributed by atoms with van der Waals surface area (Å²) < 4.78 is 0. The Morgan fingerprint density at radius 3 is 2.32 bits per heavy atom. The molecule has 4 rings (SSSR count). The van der Waals surface area contributed by atoms with E-state index in [1.165, 1.54) is 5.69 Å². The molecule has 3 aromatic carbocycles. The maximum Gasteiger partial charge on any atom is 0.251 e. The predicted molar refractivity (Wildman–Crippen MR) is 126 cm³/mol. The summed E-state index contributed by atoms with van der Waals surface area (Å²) in [6.07, 6.45) is 0.722. The van der Waals surface area contributed by atoms with Crippen LogP contribution in [0, 0.1) is 0 Å². The first-order valence-electron chi connectivity index (χ1n) is 10.8. The third-order valence-corrected chi connectivity index (χ3v) is 5.83. The van der Waals surface area contributed by atoms with Crippen LogP contribution in [0.3, 0.4) is 0 Å². The third-order valence-electron chi connectivity index (χ3n) is 5.83. The van der Waals surface area contributed by atoms with Gasteiger partial charge in [-0.3, -0.25) is 4.79 Å². The lowest BCUT2D eigenvalue weighted by Gasteiger charge is -2.34. The van der Waals surface area contributed by atoms with Crippen LogP contribution in [0.15, 0.2) is 72.8 Å². The normalized spacial score (nSPS) is 14.4. The van der Waals surface area contributed by atoms with E-state index in [4.69, 9.17) is 0 Å². The quantitative estimate of drug-likeness (QED) is 0.643. The molecule has 1 heterocycles. The first kappa shape index (κ1) is 20.9. The molecule has 3 aromatic rings. The zero-order valence-corrected chi connectivity index (χ0v) is 17.9. The van der Waals surface area contributed by atoms with Gasteiger partial charge in [-0.25, -0.2) is 0 Å². The van der Waals surface area contributed by atoms with E-state index >= 15 is 0 Å². The first-order chi connectivity index (χ1) is 15.1. The van der Waals surface area contributed by atoms with E-state index in [2.05, 4.69) is 46.4 Å². The number of rotatable bonds is 6. The van der Waals surface area contributed by atoms with Crippen molar-refractivity contribution in [2.75, 3.05) is 44.7 Å². The Labute approximate surface area is 183 Å². The standard InChI is InChI=1S/C26H29N3O2/c1-28-15-17-29(18-16-28)24-9-7-21(8-10-24)22-3-2-4-23(19-22)26(31)27-14-13-20-5-11-25(30)12-6-20/h2-12,19,30H,13-18H2,1H3,(H,27,31). The van der Waals surface area contributed by atoms with Gasteiger partial charge in [0.2, 0.25) is 0 Å². The van der Waals surface area contributed by atoms with Gasteiger partial charge in [0.05, 0.1) is 0 Å². The molecule has 160 valence electrons. The summed E-state index contributed by atoms with van der Waals surface area (Å²) >= 11 is 0. The van der Waals surface area contributed by atoms with Gasteiger partial charge in [0.25, 0.3) is 5.91 Å². The van der Waals surface area contributed by atoms with Crippen molar-refractivity contribution in [1.82, 2.24) is 10.2 Å². The van der Waals surface area contributed by atoms with Crippen LogP contribution in [0.1, 0.15) is 15.9 Å². The molecule has 0 bridgehead atoms. The van der Waals surface area contributed by atoms with Crippen molar-refractivity contribution in [3.8, 4) is 16.9 Å². The summed E-state index contributed by atoms with van der Waals surface area (Å²) in [5, 5.41) is 12.3. The molecule has 0 aromatic heterocycles. The summed E-state index contributed by atoms with van der Waals surface area (Å²) in [4.78, 5) is 17.4. The number of likely N-dealkylation sites (N-methyl/N-ethyl adjacent to an activating group) is 1. The summed E-state index contributed by atoms with van der Waals surface area (Å²) in [5.41, 5.74) is 5.13. The highest BCUT2D eigenvalue weighted by Gasteiger charge is 2.14. The van der Waals surface area contributed by atoms with Crippen LogP contribution >= 0.6 is 0 Å². The smallest absolute Gasteiger partial charge is 0.251 e. The number of phenolic OH excluding ortho intramolecular Hbond substituents is 1. The Kier molecular flexibility index (Phi) is 6.53. The van der Waals surface area contributed by atoms with Crippen molar-refractivity contribution >= 4 is 11.6 Å². The monoisotopic (exact) mass is 415 g/mol. The van der Waals surface area contributed by atoms with Crippen LogP contribution < -0.4 is 10.2 Å². The number of benzene rings is 3. The van der Waals surface area contributed by atoms with Crippen molar-refractivity contribution < 1.29 is 9.90 Å². The molecule has 5 heteroatoms. The van der Waals surface area contributed by atoms with E-state index in [0.29, 0.717) is 12.1 Å². The minimum Gasteiger partial charge on any atom is -0.508 e. The molecular formula is C26H29N3O2. The van der Waals surface area contributed by atoms with E-state index in [1.54, 1.807) is 12.1 Å². The SMILES string of the molecule is CN1CCN(c2ccc(-c3cccc(C(=O)NCCc4ccc(O)cc4)c3)cc2)CC1. The van der Waals surface area contributed by atoms with Gasteiger partial charge in [-0.1, -0.05) is 36.4 Å². The van der Waals surface area contributed by atoms with Crippen molar-refractivity contribution in [3.05, 3.63) is 83.9 Å². The Morgan fingerprint density at radius 2 is 1.61 bits per heavy atom. The summed E-state index contributed by atoms with van der Waals surface area (Å²) in [5.74, 6) is 0.177. The minimum atomic E-state index is -0.0744. The second-order valence-electron chi connectivity index (χ2n) is 8.09. The fourth-order valence-electron chi connectivity index (χ4n) is 3.85. The van der Waals surface area contributed by atoms with Crippen LogP contribution in [0.25, 0.3) is 11.1 Å². The van der Waals surface area contributed by atoms with E-state index in [0.717, 1.165) is 49.3 Å². The Bertz CT molecular complexity index is 1010. The molecule has 1 aliphatic rings. The van der Waals surface area contributed by atoms with Gasteiger partial charge in [-0.05, 0) is 66.6 Å². The number of aromatic hydroxyl groups is 1. The maximum absolute atomic E-state index is 12.6. The number of phenols is 1. The number of amides is 1. The molecular weight excluding hydrogens is 386 g/mol. The molecule has 0 radical (unpaired) electrons. The van der Waals surface area contributed by atoms with Gasteiger partial charge in [0.15, 0.2) is 0 Å². The average Bonchev–Trinajstić information content (AvgIpc) is 2.81. The van der Waals surface area contributed by atoms with Gasteiger partial charge < -0.3 is 20.2 Å². The second-order valence-corrected chi connectivity index (χ2v) is 8.09. The van der Waals surface area contributed by atoms with Crippen LogP contribution in [0.4, 0.5) is 5.69 Å². The number of carbonyl (C=O) groups is 1. The number of hydrogen-bond donors (Lipinski definition) is 2. The average molecular weight is 416 g/mol. The minimum absolute atomic E-state index is 0.0744. The van der Waals surface area contributed by atoms with Crippen molar-refractivity contribution in [2.45, 2.75) is 6.42 Å². The molecule has 1 fully saturated rings. The van der Waals surface area contributed by atoms with Crippen molar-refractivity contribution in [3.63, 3.8) is 0 Å². The maximum atomic E-state index is 12.6. The lowest BCUT2D eigenvalue weighted by atomic mass is 10.0. The predicted octanol–water partition coefficient (Wildman–Crippen LogP) is 3.78. The number of nitrogens with zero attached hydrogens (tertiary/aromatic N) is 2. The molecule has 2 N–H and O–H groups in total. The van der Waals surface area contributed by atoms with Gasteiger partial charge in [-0.2, -0.15) is 0 Å². The molecule has 1 aliphatic heterocycles. The molecule has 1 amide bonds. The molecule has 0 spiro atoms. The zero-order valence-electron chi connectivity index (χ0n) is 17.9. The van der Waals surface area contributed by atoms with Crippen LogP contribution in [0.5, 0.6) is 5.75 Å². The Morgan fingerprint density at radius 1 is 0.903 bits per heavy atom. The fraction of sp³-hybridized carbons (Fsp3) is 0.269. The number of piperazine rings is 1. The second kappa shape index (κ2) is 9.67. The Hall–Kier alpha value is -3.31. The molecule has 31 heavy (non-hydrogen) atoms. The van der Waals surface area contributed by atoms with Gasteiger partial charge >= 0.3 is 0 Å². The first-order valence-corrected chi connectivity index (χ1v) is 10.8. The largest absolute Gasteiger partial charge is 0.508 e. The zero-order chi connectivity index (χ0) is 21.6. The summed E-state index contributed by atoms with van der Waals surface area (Å²) in [6, 6.07) is 23.4. The topological polar surface area (TPSA) is 55.8 Å². The van der Waals surface area contributed by atoms with E-state index in [9.17, 15) is 9.90 Å². The summed E-state index contributed by atoms with van der Waals surface area (Å²) in [7, 11) is 2.16. The lowest BCUT2D eigenvalue weighted by Crippen LogP contribution is -2.44. The highest BCUT2D eigenvalue weighted by atomic mass is 16.3. The highest BCUT2D eigenvalue weighted by Crippen LogP contribution is 2.24. The Balaban J connectivity index is 1.37. The fourth-order valence-corrected chi connectivity index (χ4v) is 3.85. The third kappa shape index (κ3) is 5.44. The van der Waals surface area contributed by atoms with Crippen LogP contribution in [-0.4, -0.2) is 55.7 Å². The van der Waals surface area contributed by atoms with E-state index < -0.39 is 0 Å². The molecule has 0 unspecified atom stereocenters. The molecule has 0 aliphatic carbocycles. The van der Waals surface area contributed by atoms with E-state index in [-0.39, 0.29) is 11.7 Å². The number of anilines is 1. The van der Waals surface area contributed by atoms with Crippen LogP contribution in [0.2, 0.25) is 0 Å². The van der Waals surface area contributed by atoms with Gasteiger partial charge in [0, 0.05) is 44.0 Å². The number of carbonyl (C=O) groups excluding carboxylic acids is 1. The number of nitrogens with one attached hydrogen (secondary N) is 1. The molecule has 0 saturated carbocycles. The van der Waals surface area contributed by atoms with Gasteiger partial charge in [-0.15, -0.1) is 0 Å². The van der Waals surface area contributed by atoms with Gasteiger partial charge in [0.1, 0.15) is 5.75 Å². The molecule has 5 nitrogen and oxygen atoms in total. The lowest BCUT2D eigenvalue weighted by molar-refractivity contribution is 0.0954. The van der Waals surface area contributed by atoms with Crippen LogP contribution in [-0.2, 0) is 6.42 Å². The highest BCUT2D eigenvalue weighted by molar-refractivity contribution is 5.95. The number of hydrogen-bond acceptors (Lipinski definition) is 4. The molecule has 1 saturated heterocycles. The van der Waals surface area contributed by atoms with E-state index in [1.807, 2.05) is 36.4 Å². The van der Waals surface area contributed by atoms with Crippen molar-refractivity contribution in [1.29, 1.82) is 0 Å².